The molecular formula is C101H158N14O24. The van der Waals surface area contributed by atoms with Gasteiger partial charge in [0.1, 0.15) is 48.5 Å². The molecule has 2 aliphatic rings. The summed E-state index contributed by atoms with van der Waals surface area (Å²) in [6.45, 7) is 9.35. The molecule has 38 nitrogen and oxygen atoms in total. The van der Waals surface area contributed by atoms with E-state index in [1.807, 2.05) is 18.2 Å². The van der Waals surface area contributed by atoms with Crippen LogP contribution in [0.4, 0.5) is 0 Å². The van der Waals surface area contributed by atoms with Crippen molar-refractivity contribution >= 4 is 93.8 Å². The molecule has 0 radical (unpaired) electrons. The molecule has 0 bridgehead atoms. The number of nitrogens with one attached hydrogen (secondary N) is 10. The molecule has 2 heterocycles. The maximum atomic E-state index is 14.9. The van der Waals surface area contributed by atoms with Crippen LogP contribution in [0.15, 0.2) is 78.9 Å². The van der Waals surface area contributed by atoms with E-state index in [1.165, 1.54) is 13.8 Å². The molecule has 139 heavy (non-hydrogen) atoms. The van der Waals surface area contributed by atoms with Crippen molar-refractivity contribution in [2.75, 3.05) is 65.6 Å². The van der Waals surface area contributed by atoms with Gasteiger partial charge in [-0.25, -0.2) is 0 Å². The second-order valence-corrected chi connectivity index (χ2v) is 37.1. The summed E-state index contributed by atoms with van der Waals surface area (Å²) < 4.78 is 16.6. The summed E-state index contributed by atoms with van der Waals surface area (Å²) in [6, 6.07) is 15.0. The third kappa shape index (κ3) is 45.5. The first kappa shape index (κ1) is 119. The number of rotatable bonds is 60. The molecular weight excluding hydrogens is 1790 g/mol. The number of hydrogen-bond acceptors (Lipinski definition) is 28. The number of Topliss-reactive ketones (excluding diaryl/α,β-unsaturated/α-hetero) is 6. The van der Waals surface area contributed by atoms with Crippen LogP contribution in [0.3, 0.4) is 0 Å². The molecule has 0 saturated carbocycles. The molecule has 2 fully saturated rings. The Morgan fingerprint density at radius 2 is 1.06 bits per heavy atom. The molecule has 2 unspecified atom stereocenters. The summed E-state index contributed by atoms with van der Waals surface area (Å²) in [6.07, 6.45) is -0.681. The van der Waals surface area contributed by atoms with Gasteiger partial charge in [0.05, 0.1) is 60.9 Å². The summed E-state index contributed by atoms with van der Waals surface area (Å²) in [4.78, 5) is 223. The van der Waals surface area contributed by atoms with Gasteiger partial charge in [-0.3, -0.25) is 76.7 Å². The Balaban J connectivity index is 1.13. The first-order valence-electron chi connectivity index (χ1n) is 49.9. The van der Waals surface area contributed by atoms with Crippen LogP contribution in [0.25, 0.3) is 11.1 Å². The minimum absolute atomic E-state index is 0.0215. The maximum absolute atomic E-state index is 14.9. The summed E-state index contributed by atoms with van der Waals surface area (Å²) >= 11 is 0. The SMILES string of the molecule is CCCCCCCCC(=O)N[C@@H](CCNC(=O)CCCCCCC(=O)CCCCCNC(=O)c1cccc(-c2ccc(OCC(=O)CCCNC(=O)CCCOC3O[C@@H](C)[C@H](O)C(O)[C@@H]3O)cc2)c1)C(=O)C[C@H](C(=O)N[C@@H](CCN)C(=O)C[C@H]1CCNC(=O)[C@H]([C@@H](C)O)CC(=O)[C@H](CCN)NC(=O)[C@H](CCN)NC(=O)[C@H](CC(C)C)NC(=O)[C@@H](Cc2ccccc2)CC(=O)[C@H](CCN)NC1=O)[C@@H](C)O. The summed E-state index contributed by atoms with van der Waals surface area (Å²) in [5.74, 6) is -14.4. The molecule has 5 rings (SSSR count). The topological polar surface area (TPSA) is 626 Å². The van der Waals surface area contributed by atoms with Gasteiger partial charge in [-0.05, 0) is 190 Å². The molecule has 17 atom stereocenters. The van der Waals surface area contributed by atoms with E-state index in [0.717, 1.165) is 49.7 Å². The Morgan fingerprint density at radius 3 is 1.70 bits per heavy atom. The zero-order valence-electron chi connectivity index (χ0n) is 82.1. The van der Waals surface area contributed by atoms with Crippen molar-refractivity contribution < 1.29 is 116 Å². The Hall–Kier alpha value is -10.3. The van der Waals surface area contributed by atoms with Crippen LogP contribution in [0.2, 0.25) is 0 Å². The molecule has 2 saturated heterocycles. The van der Waals surface area contributed by atoms with Crippen LogP contribution in [-0.2, 0) is 87.8 Å². The van der Waals surface area contributed by atoms with E-state index in [-0.39, 0.29) is 171 Å². The van der Waals surface area contributed by atoms with Gasteiger partial charge in [0.2, 0.25) is 53.2 Å². The standard InChI is InChI=1S/C101H158N14O24/c1-7-8-9-10-11-21-34-90(126)110-81(45-53-107-88(124)33-20-13-12-18-30-73(118)31-19-15-22-50-108-94(130)70-29-23-28-69(57-70)68-36-38-75(39-37-68)138-62-74(119)32-24-51-106-89(125)35-25-54-137-101-93(129)92(128)91(127)66(6)139-101)87(123)61-77(65(5)117)98(134)112-79(41-47-103)84(120)58-71-44-52-109-97(133)76(64(4)116)60-86(122)80(42-48-104)113-99(135)82(43-49-105)114-100(136)83(55-63(2)3)115-96(132)72(56-67-26-16-14-17-27-67)59-85(121)78(40-46-102)111-95(71)131/h14,16-17,23,26-29,36-39,57,63-66,71-72,76-83,91-93,101,116-117,127-129H,7-13,15,18-22,24-25,30-35,40-56,58-62,102-105H2,1-6H3,(H,106,125)(H,107,124)(H,108,130)(H,109,133)(H,110,126)(H,111,131)(H,112,134)(H,113,135)(H,114,136)(H,115,132)/t64-,65-,66+,71-,72+,76+,77+,78+,79+,80+,81+,82+,83+,91+,92?,93+,101?/m1/s1. The number of nitrogens with two attached hydrogens (primary N) is 4. The number of unbranched alkanes of at least 4 members (excludes halogenated alkanes) is 10. The molecule has 0 aliphatic carbocycles. The molecule has 3 aromatic rings. The second-order valence-electron chi connectivity index (χ2n) is 37.1. The number of benzene rings is 3. The maximum Gasteiger partial charge on any atom is 0.251 e. The molecule has 3 aromatic carbocycles. The van der Waals surface area contributed by atoms with Gasteiger partial charge >= 0.3 is 0 Å². The first-order chi connectivity index (χ1) is 66.5. The predicted octanol–water partition coefficient (Wildman–Crippen LogP) is 3.45. The second kappa shape index (κ2) is 66.4. The van der Waals surface area contributed by atoms with E-state index < -0.39 is 193 Å². The number of aliphatic hydroxyl groups excluding tert-OH is 5. The lowest BCUT2D eigenvalue weighted by molar-refractivity contribution is -0.293. The number of carbonyl (C=O) groups is 16. The van der Waals surface area contributed by atoms with Gasteiger partial charge in [-0.2, -0.15) is 0 Å². The lowest BCUT2D eigenvalue weighted by Gasteiger charge is -2.38. The highest BCUT2D eigenvalue weighted by molar-refractivity contribution is 6.00. The number of amides is 10. The summed E-state index contributed by atoms with van der Waals surface area (Å²) in [7, 11) is 0. The van der Waals surface area contributed by atoms with E-state index in [2.05, 4.69) is 60.1 Å². The van der Waals surface area contributed by atoms with E-state index in [1.54, 1.807) is 81.4 Å². The van der Waals surface area contributed by atoms with Gasteiger partial charge in [0, 0.05) is 108 Å². The lowest BCUT2D eigenvalue weighted by atomic mass is 9.88. The predicted molar refractivity (Wildman–Crippen MR) is 521 cm³/mol. The monoisotopic (exact) mass is 1950 g/mol. The van der Waals surface area contributed by atoms with Crippen LogP contribution in [0, 0.1) is 29.6 Å². The molecule has 23 N–H and O–H groups in total. The third-order valence-corrected chi connectivity index (χ3v) is 24.9. The Labute approximate surface area is 817 Å². The highest BCUT2D eigenvalue weighted by atomic mass is 16.7. The Bertz CT molecular complexity index is 4330. The van der Waals surface area contributed by atoms with Crippen LogP contribution < -0.4 is 80.8 Å². The smallest absolute Gasteiger partial charge is 0.251 e. The highest BCUT2D eigenvalue weighted by Gasteiger charge is 2.43. The quantitative estimate of drug-likeness (QED) is 0.0360. The van der Waals surface area contributed by atoms with Gasteiger partial charge in [-0.15, -0.1) is 0 Å². The van der Waals surface area contributed by atoms with Crippen molar-refractivity contribution in [1.29, 1.82) is 0 Å². The van der Waals surface area contributed by atoms with Gasteiger partial charge < -0.3 is 116 Å². The van der Waals surface area contributed by atoms with Gasteiger partial charge in [0.15, 0.2) is 35.2 Å². The number of carbonyl (C=O) groups excluding carboxylic acids is 16. The van der Waals surface area contributed by atoms with Crippen molar-refractivity contribution in [1.82, 2.24) is 53.2 Å². The molecule has 2 aliphatic heterocycles. The summed E-state index contributed by atoms with van der Waals surface area (Å²) in [5, 5.41) is 79.6. The molecule has 10 amide bonds. The minimum atomic E-state index is -1.53. The largest absolute Gasteiger partial charge is 0.486 e. The lowest BCUT2D eigenvalue weighted by Crippen LogP contribution is -2.57. The Morgan fingerprint density at radius 1 is 0.511 bits per heavy atom. The van der Waals surface area contributed by atoms with Crippen LogP contribution >= 0.6 is 0 Å². The van der Waals surface area contributed by atoms with Crippen molar-refractivity contribution in [2.24, 2.45) is 52.5 Å². The third-order valence-electron chi connectivity index (χ3n) is 24.9. The van der Waals surface area contributed by atoms with Crippen LogP contribution in [0.1, 0.15) is 263 Å². The van der Waals surface area contributed by atoms with Crippen LogP contribution in [0.5, 0.6) is 5.75 Å². The number of aliphatic hydroxyl groups is 5. The zero-order chi connectivity index (χ0) is 102. The Kier molecular flexibility index (Phi) is 57.0. The number of ketones is 6. The molecule has 776 valence electrons. The molecule has 0 spiro atoms. The van der Waals surface area contributed by atoms with Crippen molar-refractivity contribution in [3.05, 3.63) is 90.0 Å². The number of hydrogen-bond donors (Lipinski definition) is 19. The zero-order valence-corrected chi connectivity index (χ0v) is 82.1. The van der Waals surface area contributed by atoms with Crippen molar-refractivity contribution in [3.8, 4) is 16.9 Å². The van der Waals surface area contributed by atoms with Gasteiger partial charge in [0.25, 0.3) is 5.91 Å². The van der Waals surface area contributed by atoms with E-state index >= 15 is 0 Å². The average molecular weight is 1950 g/mol. The minimum Gasteiger partial charge on any atom is -0.486 e. The van der Waals surface area contributed by atoms with E-state index in [0.29, 0.717) is 94.1 Å². The highest BCUT2D eigenvalue weighted by Crippen LogP contribution is 2.28. The van der Waals surface area contributed by atoms with E-state index in [9.17, 15) is 102 Å². The molecule has 0 aromatic heterocycles. The molecule has 38 heteroatoms. The average Bonchev–Trinajstić information content (AvgIpc) is 1.13. The first-order valence-corrected chi connectivity index (χ1v) is 49.9. The normalized spacial score (nSPS) is 21.6. The summed E-state index contributed by atoms with van der Waals surface area (Å²) in [5.41, 5.74) is 26.8. The number of ether oxygens (including phenoxy) is 3. The fourth-order valence-corrected chi connectivity index (χ4v) is 16.5. The van der Waals surface area contributed by atoms with Gasteiger partial charge in [-0.1, -0.05) is 127 Å². The van der Waals surface area contributed by atoms with Crippen molar-refractivity contribution in [3.63, 3.8) is 0 Å². The fraction of sp³-hybridized carbons (Fsp3) is 0.663. The van der Waals surface area contributed by atoms with Crippen molar-refractivity contribution in [2.45, 2.75) is 333 Å². The van der Waals surface area contributed by atoms with Crippen LogP contribution in [-0.4, -0.2) is 264 Å². The van der Waals surface area contributed by atoms with E-state index in [4.69, 9.17) is 37.1 Å². The fourth-order valence-electron chi connectivity index (χ4n) is 16.5.